The lowest BCUT2D eigenvalue weighted by Gasteiger charge is -2.46. The lowest BCUT2D eigenvalue weighted by atomic mass is 9.97. The van der Waals surface area contributed by atoms with Gasteiger partial charge in [-0.25, -0.2) is 0 Å². The Bertz CT molecular complexity index is 1720. The van der Waals surface area contributed by atoms with Crippen LogP contribution in [-0.2, 0) is 23.7 Å². The Hall–Kier alpha value is -1.53. The number of aliphatic hydroxyl groups excluding tert-OH is 8. The fraction of sp³-hybridized carbons (Fsp3) is 0.940. The summed E-state index contributed by atoms with van der Waals surface area (Å²) < 4.78 is 22.9. The highest BCUT2D eigenvalue weighted by Gasteiger charge is 2.51. The van der Waals surface area contributed by atoms with Crippen LogP contribution in [0.15, 0.2) is 24.3 Å². The number of allylic oxidation sites excluding steroid dienone is 3. The molecule has 0 aromatic rings. The molecule has 574 valence electrons. The molecule has 14 heteroatoms. The summed E-state index contributed by atoms with van der Waals surface area (Å²) in [5.74, 6) is -0.239. The lowest BCUT2D eigenvalue weighted by molar-refractivity contribution is -0.359. The van der Waals surface area contributed by atoms with Crippen LogP contribution in [0, 0.1) is 0 Å². The number of carbonyl (C=O) groups excluding carboxylic acids is 1. The highest BCUT2D eigenvalue weighted by atomic mass is 16.7. The molecule has 0 radical (unpaired) electrons. The molecule has 0 aromatic carbocycles. The molecule has 2 aliphatic heterocycles. The molecule has 0 bridgehead atoms. The van der Waals surface area contributed by atoms with Gasteiger partial charge in [0.25, 0.3) is 0 Å². The minimum absolute atomic E-state index is 0.239. The van der Waals surface area contributed by atoms with Crippen molar-refractivity contribution in [3.8, 4) is 0 Å². The van der Waals surface area contributed by atoms with E-state index in [0.29, 0.717) is 12.8 Å². The minimum atomic E-state index is -1.79. The first-order chi connectivity index (χ1) is 47.6. The molecular weight excluding hydrogens is 1220 g/mol. The first-order valence-corrected chi connectivity index (χ1v) is 42.1. The molecule has 2 heterocycles. The van der Waals surface area contributed by atoms with E-state index >= 15 is 0 Å². The molecule has 0 spiro atoms. The number of nitrogens with one attached hydrogen (secondary N) is 1. The average molecular weight is 1380 g/mol. The Kier molecular flexibility index (Phi) is 63.8. The van der Waals surface area contributed by atoms with Gasteiger partial charge in [-0.1, -0.05) is 391 Å². The summed E-state index contributed by atoms with van der Waals surface area (Å²) in [6, 6.07) is -0.931. The molecule has 2 fully saturated rings. The first-order valence-electron chi connectivity index (χ1n) is 42.1. The third-order valence-corrected chi connectivity index (χ3v) is 20.9. The van der Waals surface area contributed by atoms with E-state index in [1.54, 1.807) is 6.08 Å². The van der Waals surface area contributed by atoms with E-state index in [4.69, 9.17) is 18.9 Å². The second-order valence-corrected chi connectivity index (χ2v) is 30.0. The maximum absolute atomic E-state index is 13.4. The largest absolute Gasteiger partial charge is 0.394 e. The zero-order valence-electron chi connectivity index (χ0n) is 63.1. The van der Waals surface area contributed by atoms with Crippen LogP contribution in [-0.4, -0.2) is 140 Å². The summed E-state index contributed by atoms with van der Waals surface area (Å²) >= 11 is 0. The van der Waals surface area contributed by atoms with E-state index in [9.17, 15) is 45.6 Å². The second kappa shape index (κ2) is 67.6. The van der Waals surface area contributed by atoms with E-state index in [2.05, 4.69) is 31.3 Å². The molecule has 9 N–H and O–H groups in total. The molecule has 2 saturated heterocycles. The van der Waals surface area contributed by atoms with Gasteiger partial charge >= 0.3 is 0 Å². The fourth-order valence-electron chi connectivity index (χ4n) is 14.3. The van der Waals surface area contributed by atoms with E-state index in [1.807, 2.05) is 6.08 Å². The quantitative estimate of drug-likeness (QED) is 0.0204. The smallest absolute Gasteiger partial charge is 0.220 e. The van der Waals surface area contributed by atoms with E-state index in [1.165, 1.54) is 340 Å². The van der Waals surface area contributed by atoms with Crippen LogP contribution in [0.1, 0.15) is 406 Å². The minimum Gasteiger partial charge on any atom is -0.394 e. The maximum atomic E-state index is 13.4. The third-order valence-electron chi connectivity index (χ3n) is 20.9. The SMILES string of the molecule is CCCCCCCCCCCCCCCCCCCCC/C=C/CC/C=C/C(O)C(COC1OC(CO)C(OC2OC(CO)C(O)C(O)C2O)C(O)C1O)NC(=O)CCCCCCCCCCCCCCCCCCCCCCCCCCCCCCCCCCCCCCCC. The molecule has 14 nitrogen and oxygen atoms in total. The van der Waals surface area contributed by atoms with Crippen molar-refractivity contribution in [3.63, 3.8) is 0 Å². The maximum Gasteiger partial charge on any atom is 0.220 e. The molecule has 12 atom stereocenters. The Labute approximate surface area is 596 Å². The normalized spacial score (nSPS) is 22.2. The summed E-state index contributed by atoms with van der Waals surface area (Å²) in [4.78, 5) is 13.4. The number of rotatable bonds is 72. The number of ether oxygens (including phenoxy) is 4. The second-order valence-electron chi connectivity index (χ2n) is 30.0. The van der Waals surface area contributed by atoms with Crippen molar-refractivity contribution >= 4 is 5.91 Å². The molecule has 1 amide bonds. The highest BCUT2D eigenvalue weighted by Crippen LogP contribution is 2.30. The van der Waals surface area contributed by atoms with Crippen LogP contribution in [0.3, 0.4) is 0 Å². The zero-order valence-corrected chi connectivity index (χ0v) is 63.1. The van der Waals surface area contributed by atoms with E-state index in [-0.39, 0.29) is 18.9 Å². The highest BCUT2D eigenvalue weighted by molar-refractivity contribution is 5.76. The molecule has 2 rings (SSSR count). The number of hydrogen-bond acceptors (Lipinski definition) is 13. The summed E-state index contributed by atoms with van der Waals surface area (Å²) in [7, 11) is 0. The number of aliphatic hydroxyl groups is 8. The number of hydrogen-bond donors (Lipinski definition) is 9. The summed E-state index contributed by atoms with van der Waals surface area (Å²) in [5.41, 5.74) is 0. The van der Waals surface area contributed by atoms with Gasteiger partial charge in [-0.15, -0.1) is 0 Å². The van der Waals surface area contributed by atoms with E-state index in [0.717, 1.165) is 32.1 Å². The van der Waals surface area contributed by atoms with Crippen LogP contribution in [0.4, 0.5) is 0 Å². The zero-order chi connectivity index (χ0) is 70.1. The van der Waals surface area contributed by atoms with Gasteiger partial charge in [-0.3, -0.25) is 4.79 Å². The van der Waals surface area contributed by atoms with Gasteiger partial charge in [0.05, 0.1) is 32.0 Å². The van der Waals surface area contributed by atoms with Gasteiger partial charge in [0.2, 0.25) is 5.91 Å². The van der Waals surface area contributed by atoms with Crippen molar-refractivity contribution in [2.75, 3.05) is 19.8 Å². The topological polar surface area (TPSA) is 228 Å². The predicted octanol–water partition coefficient (Wildman–Crippen LogP) is 19.4. The summed E-state index contributed by atoms with van der Waals surface area (Å²) in [5, 5.41) is 87.7. The number of amides is 1. The molecule has 12 unspecified atom stereocenters. The first kappa shape index (κ1) is 91.6. The van der Waals surface area contributed by atoms with Gasteiger partial charge in [0.15, 0.2) is 12.6 Å². The standard InChI is InChI=1S/C83H159NO13/c1-3-5-7-9-11-13-15-17-19-21-23-25-27-29-30-31-32-33-34-35-36-37-38-39-40-41-43-45-47-49-51-53-55-57-59-61-63-65-67-75(88)84-71(70-94-82-80(93)78(91)81(74(69-86)96-82)97-83-79(92)77(90)76(89)73(68-85)95-83)72(87)66-64-62-60-58-56-54-52-50-48-46-44-42-28-26-24-22-20-18-16-14-12-10-8-6-4-2/h56,58,64,66,71-74,76-83,85-87,89-93H,3-55,57,59-63,65,67-70H2,1-2H3,(H,84,88)/b58-56+,66-64+. The van der Waals surface area contributed by atoms with Crippen LogP contribution in [0.2, 0.25) is 0 Å². The Balaban J connectivity index is 1.58. The van der Waals surface area contributed by atoms with Crippen LogP contribution in [0.5, 0.6) is 0 Å². The van der Waals surface area contributed by atoms with Crippen molar-refractivity contribution in [1.29, 1.82) is 0 Å². The molecule has 97 heavy (non-hydrogen) atoms. The number of carbonyl (C=O) groups is 1. The fourth-order valence-corrected chi connectivity index (χ4v) is 14.3. The Morgan fingerprint density at radius 2 is 0.660 bits per heavy atom. The van der Waals surface area contributed by atoms with Crippen molar-refractivity contribution in [2.24, 2.45) is 0 Å². The van der Waals surface area contributed by atoms with Crippen LogP contribution in [0.25, 0.3) is 0 Å². The molecular formula is C83H159NO13. The lowest BCUT2D eigenvalue weighted by Crippen LogP contribution is -2.65. The van der Waals surface area contributed by atoms with Gasteiger partial charge < -0.3 is 65.1 Å². The van der Waals surface area contributed by atoms with Crippen LogP contribution >= 0.6 is 0 Å². The Morgan fingerprint density at radius 3 is 1.01 bits per heavy atom. The molecule has 0 aromatic heterocycles. The average Bonchev–Trinajstić information content (AvgIpc) is 0.794. The molecule has 2 aliphatic rings. The van der Waals surface area contributed by atoms with Gasteiger partial charge in [-0.2, -0.15) is 0 Å². The molecule has 0 saturated carbocycles. The monoisotopic (exact) mass is 1380 g/mol. The van der Waals surface area contributed by atoms with Gasteiger partial charge in [0, 0.05) is 6.42 Å². The molecule has 0 aliphatic carbocycles. The number of unbranched alkanes of at least 4 members (excludes halogenated alkanes) is 57. The van der Waals surface area contributed by atoms with Crippen LogP contribution < -0.4 is 5.32 Å². The van der Waals surface area contributed by atoms with Crippen molar-refractivity contribution in [1.82, 2.24) is 5.32 Å². The van der Waals surface area contributed by atoms with Crippen molar-refractivity contribution in [2.45, 2.75) is 479 Å². The summed E-state index contributed by atoms with van der Waals surface area (Å²) in [6.07, 6.45) is 71.5. The third kappa shape index (κ3) is 50.5. The van der Waals surface area contributed by atoms with Crippen molar-refractivity contribution < 1.29 is 64.6 Å². The van der Waals surface area contributed by atoms with Gasteiger partial charge in [0.1, 0.15) is 48.8 Å². The van der Waals surface area contributed by atoms with Crippen molar-refractivity contribution in [3.05, 3.63) is 24.3 Å². The summed E-state index contributed by atoms with van der Waals surface area (Å²) in [6.45, 7) is 2.86. The Morgan fingerprint density at radius 1 is 0.361 bits per heavy atom. The van der Waals surface area contributed by atoms with E-state index < -0.39 is 86.8 Å². The van der Waals surface area contributed by atoms with Gasteiger partial charge in [-0.05, 0) is 32.1 Å². The predicted molar refractivity (Wildman–Crippen MR) is 402 cm³/mol.